The van der Waals surface area contributed by atoms with E-state index in [2.05, 4.69) is 9.82 Å². The van der Waals surface area contributed by atoms with Gasteiger partial charge in [-0.15, -0.1) is 0 Å². The van der Waals surface area contributed by atoms with Crippen LogP contribution in [0.5, 0.6) is 0 Å². The zero-order valence-corrected chi connectivity index (χ0v) is 12.2. The molecule has 0 aliphatic rings. The highest BCUT2D eigenvalue weighted by atomic mass is 35.5. The van der Waals surface area contributed by atoms with Crippen molar-refractivity contribution >= 4 is 21.6 Å². The smallest absolute Gasteiger partial charge is 0.221 e. The Labute approximate surface area is 117 Å². The summed E-state index contributed by atoms with van der Waals surface area (Å²) in [5, 5.41) is 4.80. The topological polar surface area (TPSA) is 64.0 Å². The Kier molecular flexibility index (Phi) is 3.93. The lowest BCUT2D eigenvalue weighted by Gasteiger charge is -2.09. The first-order valence-corrected chi connectivity index (χ1v) is 7.62. The van der Waals surface area contributed by atoms with Crippen LogP contribution in [-0.2, 0) is 10.0 Å². The number of sulfonamides is 1. The van der Waals surface area contributed by atoms with Crippen molar-refractivity contribution in [2.45, 2.75) is 18.9 Å². The van der Waals surface area contributed by atoms with Gasteiger partial charge in [-0.1, -0.05) is 18.5 Å². The van der Waals surface area contributed by atoms with Crippen molar-refractivity contribution in [2.75, 3.05) is 6.54 Å². The second kappa shape index (κ2) is 5.32. The molecule has 1 aromatic heterocycles. The molecule has 0 spiro atoms. The first-order valence-electron chi connectivity index (χ1n) is 5.76. The maximum atomic E-state index is 12.0. The minimum atomic E-state index is -3.55. The van der Waals surface area contributed by atoms with E-state index in [1.165, 1.54) is 16.9 Å². The lowest BCUT2D eigenvalue weighted by atomic mass is 10.2. The molecule has 0 aliphatic heterocycles. The molecule has 0 bridgehead atoms. The standard InChI is InChI=1S/C12H14ClN3O2S/c1-3-15-19(17,18)12-6-7-14-16(12)10-4-5-11(13)9(2)8-10/h4-8,15H,3H2,1-2H3. The van der Waals surface area contributed by atoms with Crippen molar-refractivity contribution in [2.24, 2.45) is 0 Å². The number of halogens is 1. The molecular weight excluding hydrogens is 286 g/mol. The quantitative estimate of drug-likeness (QED) is 0.940. The predicted octanol–water partition coefficient (Wildman–Crippen LogP) is 2.13. The molecule has 1 heterocycles. The molecule has 1 aromatic carbocycles. The van der Waals surface area contributed by atoms with Gasteiger partial charge in [-0.05, 0) is 36.8 Å². The molecule has 0 aliphatic carbocycles. The molecular formula is C12H14ClN3O2S. The Balaban J connectivity index is 2.53. The second-order valence-corrected chi connectivity index (χ2v) is 6.14. The van der Waals surface area contributed by atoms with Crippen LogP contribution in [-0.4, -0.2) is 24.7 Å². The Morgan fingerprint density at radius 3 is 2.74 bits per heavy atom. The van der Waals surface area contributed by atoms with Gasteiger partial charge in [0, 0.05) is 11.6 Å². The average molecular weight is 300 g/mol. The number of nitrogens with zero attached hydrogens (tertiary/aromatic N) is 2. The summed E-state index contributed by atoms with van der Waals surface area (Å²) in [4.78, 5) is 0. The van der Waals surface area contributed by atoms with Gasteiger partial charge >= 0.3 is 0 Å². The maximum absolute atomic E-state index is 12.0. The van der Waals surface area contributed by atoms with Gasteiger partial charge in [-0.2, -0.15) is 5.10 Å². The molecule has 0 amide bonds. The Morgan fingerprint density at radius 2 is 2.11 bits per heavy atom. The van der Waals surface area contributed by atoms with Crippen LogP contribution in [0.1, 0.15) is 12.5 Å². The lowest BCUT2D eigenvalue weighted by molar-refractivity contribution is 0.573. The molecule has 102 valence electrons. The molecule has 0 saturated heterocycles. The van der Waals surface area contributed by atoms with E-state index >= 15 is 0 Å². The van der Waals surface area contributed by atoms with Crippen LogP contribution in [0.25, 0.3) is 5.69 Å². The molecule has 0 unspecified atom stereocenters. The summed E-state index contributed by atoms with van der Waals surface area (Å²) in [6, 6.07) is 6.70. The number of aryl methyl sites for hydroxylation is 1. The second-order valence-electron chi connectivity index (χ2n) is 4.02. The van der Waals surface area contributed by atoms with E-state index in [0.717, 1.165) is 5.56 Å². The molecule has 0 saturated carbocycles. The molecule has 0 atom stereocenters. The van der Waals surface area contributed by atoms with Gasteiger partial charge in [0.05, 0.1) is 11.9 Å². The predicted molar refractivity (Wildman–Crippen MR) is 74.2 cm³/mol. The van der Waals surface area contributed by atoms with Crippen LogP contribution in [0.3, 0.4) is 0 Å². The van der Waals surface area contributed by atoms with Crippen LogP contribution < -0.4 is 4.72 Å². The van der Waals surface area contributed by atoms with Crippen LogP contribution in [0.15, 0.2) is 35.5 Å². The summed E-state index contributed by atoms with van der Waals surface area (Å²) in [7, 11) is -3.55. The summed E-state index contributed by atoms with van der Waals surface area (Å²) in [5.74, 6) is 0. The Morgan fingerprint density at radius 1 is 1.37 bits per heavy atom. The van der Waals surface area contributed by atoms with Crippen LogP contribution in [0, 0.1) is 6.92 Å². The highest BCUT2D eigenvalue weighted by molar-refractivity contribution is 7.89. The molecule has 0 radical (unpaired) electrons. The lowest BCUT2D eigenvalue weighted by Crippen LogP contribution is -2.25. The maximum Gasteiger partial charge on any atom is 0.258 e. The van der Waals surface area contributed by atoms with Crippen molar-refractivity contribution in [3.8, 4) is 5.69 Å². The van der Waals surface area contributed by atoms with E-state index in [0.29, 0.717) is 17.3 Å². The highest BCUT2D eigenvalue weighted by Crippen LogP contribution is 2.21. The summed E-state index contributed by atoms with van der Waals surface area (Å²) >= 11 is 5.96. The van der Waals surface area contributed by atoms with Gasteiger partial charge in [0.2, 0.25) is 0 Å². The van der Waals surface area contributed by atoms with E-state index in [4.69, 9.17) is 11.6 Å². The van der Waals surface area contributed by atoms with Crippen LogP contribution in [0.4, 0.5) is 0 Å². The van der Waals surface area contributed by atoms with Gasteiger partial charge in [0.25, 0.3) is 10.0 Å². The Bertz CT molecular complexity index is 695. The molecule has 0 fully saturated rings. The number of hydrogen-bond acceptors (Lipinski definition) is 3. The zero-order chi connectivity index (χ0) is 14.0. The minimum absolute atomic E-state index is 0.107. The van der Waals surface area contributed by atoms with Gasteiger partial charge in [0.1, 0.15) is 0 Å². The molecule has 2 aromatic rings. The first-order chi connectivity index (χ1) is 8.95. The summed E-state index contributed by atoms with van der Waals surface area (Å²) in [6.07, 6.45) is 1.45. The average Bonchev–Trinajstić information content (AvgIpc) is 2.82. The highest BCUT2D eigenvalue weighted by Gasteiger charge is 2.19. The van der Waals surface area contributed by atoms with Crippen molar-refractivity contribution < 1.29 is 8.42 Å². The number of nitrogens with one attached hydrogen (secondary N) is 1. The number of benzene rings is 1. The zero-order valence-electron chi connectivity index (χ0n) is 10.6. The van der Waals surface area contributed by atoms with Gasteiger partial charge in [-0.3, -0.25) is 0 Å². The van der Waals surface area contributed by atoms with E-state index in [1.807, 2.05) is 6.92 Å². The van der Waals surface area contributed by atoms with Gasteiger partial charge in [-0.25, -0.2) is 17.8 Å². The number of hydrogen-bond donors (Lipinski definition) is 1. The fourth-order valence-electron chi connectivity index (χ4n) is 1.71. The monoisotopic (exact) mass is 299 g/mol. The molecule has 1 N–H and O–H groups in total. The number of aromatic nitrogens is 2. The third kappa shape index (κ3) is 2.80. The van der Waals surface area contributed by atoms with Gasteiger partial charge in [0.15, 0.2) is 5.03 Å². The fourth-order valence-corrected chi connectivity index (χ4v) is 2.98. The van der Waals surface area contributed by atoms with Crippen molar-refractivity contribution in [1.82, 2.24) is 14.5 Å². The first kappa shape index (κ1) is 14.0. The molecule has 7 heteroatoms. The summed E-state index contributed by atoms with van der Waals surface area (Å²) in [5.41, 5.74) is 1.52. The molecule has 2 rings (SSSR count). The molecule has 19 heavy (non-hydrogen) atoms. The van der Waals surface area contributed by atoms with E-state index in [9.17, 15) is 8.42 Å². The van der Waals surface area contributed by atoms with Crippen molar-refractivity contribution in [3.63, 3.8) is 0 Å². The summed E-state index contributed by atoms with van der Waals surface area (Å²) < 4.78 is 27.9. The normalized spacial score (nSPS) is 11.7. The fraction of sp³-hybridized carbons (Fsp3) is 0.250. The van der Waals surface area contributed by atoms with Crippen molar-refractivity contribution in [1.29, 1.82) is 0 Å². The van der Waals surface area contributed by atoms with E-state index < -0.39 is 10.0 Å². The third-order valence-corrected chi connectivity index (χ3v) is 4.56. The number of rotatable bonds is 4. The largest absolute Gasteiger partial charge is 0.258 e. The third-order valence-electron chi connectivity index (χ3n) is 2.60. The van der Waals surface area contributed by atoms with Crippen LogP contribution >= 0.6 is 11.6 Å². The van der Waals surface area contributed by atoms with E-state index in [1.54, 1.807) is 25.1 Å². The van der Waals surface area contributed by atoms with Crippen molar-refractivity contribution in [3.05, 3.63) is 41.0 Å². The summed E-state index contributed by atoms with van der Waals surface area (Å²) in [6.45, 7) is 3.91. The van der Waals surface area contributed by atoms with Gasteiger partial charge < -0.3 is 0 Å². The Hall–Kier alpha value is -1.37. The van der Waals surface area contributed by atoms with Crippen LogP contribution in [0.2, 0.25) is 5.02 Å². The molecule has 5 nitrogen and oxygen atoms in total. The van der Waals surface area contributed by atoms with E-state index in [-0.39, 0.29) is 5.03 Å². The SMILES string of the molecule is CCNS(=O)(=O)c1ccnn1-c1ccc(Cl)c(C)c1. The minimum Gasteiger partial charge on any atom is -0.221 e.